The zero-order valence-corrected chi connectivity index (χ0v) is 11.9. The Labute approximate surface area is 108 Å². The van der Waals surface area contributed by atoms with Crippen molar-refractivity contribution in [3.05, 3.63) is 20.8 Å². The number of carbonyl (C=O) groups is 1. The molecular weight excluding hydrogens is 290 g/mol. The summed E-state index contributed by atoms with van der Waals surface area (Å²) in [4.78, 5) is 12.7. The van der Waals surface area contributed by atoms with E-state index in [1.54, 1.807) is 18.4 Å². The van der Waals surface area contributed by atoms with Gasteiger partial charge in [-0.2, -0.15) is 0 Å². The van der Waals surface area contributed by atoms with Crippen molar-refractivity contribution in [2.24, 2.45) is 5.92 Å². The van der Waals surface area contributed by atoms with E-state index in [1.807, 2.05) is 18.4 Å². The minimum Gasteiger partial charge on any atom is -0.384 e. The van der Waals surface area contributed by atoms with E-state index >= 15 is 0 Å². The molecule has 1 aromatic rings. The van der Waals surface area contributed by atoms with Crippen LogP contribution in [0.2, 0.25) is 0 Å². The Balaban J connectivity index is 2.28. The van der Waals surface area contributed by atoms with Crippen molar-refractivity contribution >= 4 is 33.2 Å². The van der Waals surface area contributed by atoms with Gasteiger partial charge in [0.2, 0.25) is 5.91 Å². The summed E-state index contributed by atoms with van der Waals surface area (Å²) in [6.07, 6.45) is 0.511. The number of thiophene rings is 1. The normalized spacial score (nSPS) is 12.4. The molecule has 1 amide bonds. The maximum atomic E-state index is 11.6. The van der Waals surface area contributed by atoms with Crippen LogP contribution in [-0.2, 0) is 16.1 Å². The average molecular weight is 306 g/mol. The standard InChI is InChI=1S/C11H16BrNO2S/c1-8(7-15-2)5-11(14)13-6-10-9(12)3-4-16-10/h3-4,8H,5-7H2,1-2H3,(H,13,14). The Kier molecular flexibility index (Phi) is 6.01. The monoisotopic (exact) mass is 305 g/mol. The Bertz CT molecular complexity index is 340. The number of carbonyl (C=O) groups excluding carboxylic acids is 1. The lowest BCUT2D eigenvalue weighted by molar-refractivity contribution is -0.122. The summed E-state index contributed by atoms with van der Waals surface area (Å²) >= 11 is 5.07. The summed E-state index contributed by atoms with van der Waals surface area (Å²) in [5.74, 6) is 0.335. The topological polar surface area (TPSA) is 38.3 Å². The number of methoxy groups -OCH3 is 1. The molecule has 3 nitrogen and oxygen atoms in total. The molecule has 1 atom stereocenters. The van der Waals surface area contributed by atoms with Crippen LogP contribution in [0, 0.1) is 5.92 Å². The average Bonchev–Trinajstić information content (AvgIpc) is 2.61. The highest BCUT2D eigenvalue weighted by Gasteiger charge is 2.09. The highest BCUT2D eigenvalue weighted by Crippen LogP contribution is 2.22. The lowest BCUT2D eigenvalue weighted by Gasteiger charge is -2.10. The first-order chi connectivity index (χ1) is 7.63. The lowest BCUT2D eigenvalue weighted by atomic mass is 10.1. The molecule has 0 fully saturated rings. The van der Waals surface area contributed by atoms with Crippen LogP contribution in [0.1, 0.15) is 18.2 Å². The third kappa shape index (κ3) is 4.63. The fraction of sp³-hybridized carbons (Fsp3) is 0.545. The summed E-state index contributed by atoms with van der Waals surface area (Å²) in [6.45, 7) is 3.22. The fourth-order valence-corrected chi connectivity index (χ4v) is 2.79. The van der Waals surface area contributed by atoms with Gasteiger partial charge in [-0.05, 0) is 33.3 Å². The molecule has 5 heteroatoms. The van der Waals surface area contributed by atoms with Gasteiger partial charge in [-0.3, -0.25) is 4.79 Å². The third-order valence-electron chi connectivity index (χ3n) is 2.12. The van der Waals surface area contributed by atoms with Crippen molar-refractivity contribution in [1.82, 2.24) is 5.32 Å². The van der Waals surface area contributed by atoms with Crippen LogP contribution in [-0.4, -0.2) is 19.6 Å². The summed E-state index contributed by atoms with van der Waals surface area (Å²) in [6, 6.07) is 1.99. The Morgan fingerprint density at radius 1 is 1.69 bits per heavy atom. The molecule has 1 N–H and O–H groups in total. The number of hydrogen-bond donors (Lipinski definition) is 1. The summed E-state index contributed by atoms with van der Waals surface area (Å²) in [7, 11) is 1.65. The molecule has 90 valence electrons. The minimum atomic E-state index is 0.0739. The van der Waals surface area contributed by atoms with E-state index in [4.69, 9.17) is 4.74 Å². The molecule has 0 saturated heterocycles. The molecule has 1 unspecified atom stereocenters. The van der Waals surface area contributed by atoms with Crippen molar-refractivity contribution < 1.29 is 9.53 Å². The van der Waals surface area contributed by atoms with Crippen LogP contribution in [0.3, 0.4) is 0 Å². The number of hydrogen-bond acceptors (Lipinski definition) is 3. The quantitative estimate of drug-likeness (QED) is 0.877. The van der Waals surface area contributed by atoms with Crippen LogP contribution in [0.4, 0.5) is 0 Å². The molecule has 0 aromatic carbocycles. The number of halogens is 1. The van der Waals surface area contributed by atoms with Gasteiger partial charge in [0.1, 0.15) is 0 Å². The molecule has 0 aliphatic carbocycles. The van der Waals surface area contributed by atoms with Gasteiger partial charge in [0, 0.05) is 29.5 Å². The van der Waals surface area contributed by atoms with E-state index in [-0.39, 0.29) is 11.8 Å². The molecular formula is C11H16BrNO2S. The predicted octanol–water partition coefficient (Wildman–Crippen LogP) is 2.80. The molecule has 1 aromatic heterocycles. The zero-order valence-electron chi connectivity index (χ0n) is 9.46. The zero-order chi connectivity index (χ0) is 12.0. The van der Waals surface area contributed by atoms with Crippen LogP contribution >= 0.6 is 27.3 Å². The number of nitrogens with one attached hydrogen (secondary N) is 1. The second kappa shape index (κ2) is 7.04. The van der Waals surface area contributed by atoms with Crippen molar-refractivity contribution in [3.8, 4) is 0 Å². The van der Waals surface area contributed by atoms with Gasteiger partial charge in [0.05, 0.1) is 6.54 Å². The SMILES string of the molecule is COCC(C)CC(=O)NCc1sccc1Br. The Morgan fingerprint density at radius 2 is 2.44 bits per heavy atom. The van der Waals surface area contributed by atoms with Crippen molar-refractivity contribution in [3.63, 3.8) is 0 Å². The predicted molar refractivity (Wildman–Crippen MR) is 69.5 cm³/mol. The Morgan fingerprint density at radius 3 is 3.00 bits per heavy atom. The van der Waals surface area contributed by atoms with Gasteiger partial charge < -0.3 is 10.1 Å². The van der Waals surface area contributed by atoms with Gasteiger partial charge in [-0.15, -0.1) is 11.3 Å². The maximum Gasteiger partial charge on any atom is 0.220 e. The molecule has 16 heavy (non-hydrogen) atoms. The van der Waals surface area contributed by atoms with E-state index in [0.717, 1.165) is 9.35 Å². The highest BCUT2D eigenvalue weighted by molar-refractivity contribution is 9.10. The van der Waals surface area contributed by atoms with Crippen LogP contribution in [0.5, 0.6) is 0 Å². The summed E-state index contributed by atoms with van der Waals surface area (Å²) in [5.41, 5.74) is 0. The smallest absolute Gasteiger partial charge is 0.220 e. The van der Waals surface area contributed by atoms with Crippen molar-refractivity contribution in [2.75, 3.05) is 13.7 Å². The van der Waals surface area contributed by atoms with Gasteiger partial charge in [-0.25, -0.2) is 0 Å². The highest BCUT2D eigenvalue weighted by atomic mass is 79.9. The van der Waals surface area contributed by atoms with Crippen LogP contribution in [0.15, 0.2) is 15.9 Å². The second-order valence-electron chi connectivity index (χ2n) is 3.73. The lowest BCUT2D eigenvalue weighted by Crippen LogP contribution is -2.25. The molecule has 0 aliphatic heterocycles. The summed E-state index contributed by atoms with van der Waals surface area (Å²) < 4.78 is 6.05. The molecule has 0 saturated carbocycles. The van der Waals surface area contributed by atoms with Crippen molar-refractivity contribution in [1.29, 1.82) is 0 Å². The molecule has 0 bridgehead atoms. The molecule has 0 radical (unpaired) electrons. The number of rotatable bonds is 6. The first-order valence-corrected chi connectivity index (χ1v) is 6.78. The van der Waals surface area contributed by atoms with E-state index in [2.05, 4.69) is 21.2 Å². The van der Waals surface area contributed by atoms with E-state index < -0.39 is 0 Å². The maximum absolute atomic E-state index is 11.6. The Hall–Kier alpha value is -0.390. The number of ether oxygens (including phenoxy) is 1. The molecule has 1 heterocycles. The van der Waals surface area contributed by atoms with Crippen molar-refractivity contribution in [2.45, 2.75) is 19.9 Å². The number of amides is 1. The molecule has 0 aliphatic rings. The van der Waals surface area contributed by atoms with E-state index in [0.29, 0.717) is 19.6 Å². The van der Waals surface area contributed by atoms with E-state index in [9.17, 15) is 4.79 Å². The van der Waals surface area contributed by atoms with Gasteiger partial charge in [0.15, 0.2) is 0 Å². The first-order valence-electron chi connectivity index (χ1n) is 5.11. The fourth-order valence-electron chi connectivity index (χ4n) is 1.36. The largest absolute Gasteiger partial charge is 0.384 e. The van der Waals surface area contributed by atoms with Gasteiger partial charge >= 0.3 is 0 Å². The third-order valence-corrected chi connectivity index (χ3v) is 4.05. The molecule has 1 rings (SSSR count). The van der Waals surface area contributed by atoms with Gasteiger partial charge in [0.25, 0.3) is 0 Å². The minimum absolute atomic E-state index is 0.0739. The van der Waals surface area contributed by atoms with Gasteiger partial charge in [-0.1, -0.05) is 6.92 Å². The second-order valence-corrected chi connectivity index (χ2v) is 5.59. The first kappa shape index (κ1) is 13.7. The van der Waals surface area contributed by atoms with Crippen LogP contribution < -0.4 is 5.32 Å². The summed E-state index contributed by atoms with van der Waals surface area (Å²) in [5, 5.41) is 4.90. The van der Waals surface area contributed by atoms with E-state index in [1.165, 1.54) is 0 Å². The van der Waals surface area contributed by atoms with Crippen LogP contribution in [0.25, 0.3) is 0 Å². The molecule has 0 spiro atoms.